The summed E-state index contributed by atoms with van der Waals surface area (Å²) in [7, 11) is 0. The van der Waals surface area contributed by atoms with Gasteiger partial charge in [-0.2, -0.15) is 4.98 Å². The van der Waals surface area contributed by atoms with Gasteiger partial charge in [-0.05, 0) is 44.5 Å². The van der Waals surface area contributed by atoms with Crippen LogP contribution in [0.25, 0.3) is 0 Å². The molecule has 1 N–H and O–H groups in total. The van der Waals surface area contributed by atoms with Gasteiger partial charge in [-0.3, -0.25) is 4.79 Å². The molecule has 146 valence electrons. The Hall–Kier alpha value is -2.83. The molecule has 0 unspecified atom stereocenters. The molecule has 7 heteroatoms. The molecule has 1 amide bonds. The maximum atomic E-state index is 12.5. The van der Waals surface area contributed by atoms with Crippen LogP contribution in [-0.2, 0) is 0 Å². The number of nitrogens with zero attached hydrogens (tertiary/aromatic N) is 2. The van der Waals surface area contributed by atoms with E-state index in [1.807, 2.05) is 13.8 Å². The van der Waals surface area contributed by atoms with E-state index in [0.29, 0.717) is 31.1 Å². The minimum Gasteiger partial charge on any atom is -0.494 e. The Morgan fingerprint density at radius 3 is 2.41 bits per heavy atom. The number of hydrogen-bond donors (Lipinski definition) is 1. The van der Waals surface area contributed by atoms with Gasteiger partial charge in [0.15, 0.2) is 0 Å². The first-order valence-electron chi connectivity index (χ1n) is 9.34. The van der Waals surface area contributed by atoms with E-state index in [-0.39, 0.29) is 17.8 Å². The van der Waals surface area contributed by atoms with E-state index in [1.54, 1.807) is 24.3 Å². The molecule has 1 aromatic heterocycles. The van der Waals surface area contributed by atoms with Crippen molar-refractivity contribution < 1.29 is 19.0 Å². The second-order valence-corrected chi connectivity index (χ2v) is 5.77. The summed E-state index contributed by atoms with van der Waals surface area (Å²) < 4.78 is 16.4. The highest BCUT2D eigenvalue weighted by molar-refractivity contribution is 6.04. The predicted molar refractivity (Wildman–Crippen MR) is 104 cm³/mol. The average Bonchev–Trinajstić information content (AvgIpc) is 2.68. The largest absolute Gasteiger partial charge is 0.494 e. The lowest BCUT2D eigenvalue weighted by molar-refractivity contribution is 0.102. The van der Waals surface area contributed by atoms with Gasteiger partial charge in [0.05, 0.1) is 26.0 Å². The fourth-order valence-electron chi connectivity index (χ4n) is 2.32. The molecule has 0 saturated carbocycles. The van der Waals surface area contributed by atoms with Gasteiger partial charge in [-0.25, -0.2) is 4.98 Å². The monoisotopic (exact) mass is 373 g/mol. The van der Waals surface area contributed by atoms with Gasteiger partial charge in [0.25, 0.3) is 5.91 Å². The van der Waals surface area contributed by atoms with Crippen LogP contribution in [0.4, 0.5) is 5.69 Å². The molecule has 7 nitrogen and oxygen atoms in total. The molecule has 0 spiro atoms. The van der Waals surface area contributed by atoms with Crippen LogP contribution in [0.15, 0.2) is 30.5 Å². The predicted octanol–water partition coefficient (Wildman–Crippen LogP) is 4.10. The third-order valence-corrected chi connectivity index (χ3v) is 3.67. The van der Waals surface area contributed by atoms with Crippen LogP contribution < -0.4 is 19.5 Å². The van der Waals surface area contributed by atoms with Gasteiger partial charge in [0.1, 0.15) is 11.4 Å². The van der Waals surface area contributed by atoms with Crippen LogP contribution >= 0.6 is 0 Å². The summed E-state index contributed by atoms with van der Waals surface area (Å²) in [5, 5.41) is 2.78. The van der Waals surface area contributed by atoms with Crippen molar-refractivity contribution in [3.63, 3.8) is 0 Å². The molecule has 0 bridgehead atoms. The number of amides is 1. The third kappa shape index (κ3) is 6.44. The molecule has 27 heavy (non-hydrogen) atoms. The first kappa shape index (κ1) is 20.5. The average molecular weight is 373 g/mol. The van der Waals surface area contributed by atoms with Gasteiger partial charge in [0, 0.05) is 5.56 Å². The van der Waals surface area contributed by atoms with Crippen molar-refractivity contribution in [2.24, 2.45) is 0 Å². The highest BCUT2D eigenvalue weighted by atomic mass is 16.5. The first-order valence-corrected chi connectivity index (χ1v) is 9.34. The topological polar surface area (TPSA) is 82.6 Å². The lowest BCUT2D eigenvalue weighted by Crippen LogP contribution is -2.14. The van der Waals surface area contributed by atoms with Crippen molar-refractivity contribution in [3.05, 3.63) is 36.0 Å². The smallest absolute Gasteiger partial charge is 0.319 e. The van der Waals surface area contributed by atoms with Gasteiger partial charge in [0.2, 0.25) is 5.88 Å². The summed E-state index contributed by atoms with van der Waals surface area (Å²) in [6.07, 6.45) is 4.80. The number of carbonyl (C=O) groups is 1. The third-order valence-electron chi connectivity index (χ3n) is 3.67. The van der Waals surface area contributed by atoms with Crippen molar-refractivity contribution in [1.29, 1.82) is 0 Å². The molecule has 0 aliphatic carbocycles. The summed E-state index contributed by atoms with van der Waals surface area (Å²) in [5.74, 6) is 0.753. The Morgan fingerprint density at radius 1 is 1.00 bits per heavy atom. The lowest BCUT2D eigenvalue weighted by Gasteiger charge is -2.12. The van der Waals surface area contributed by atoms with E-state index in [2.05, 4.69) is 22.2 Å². The van der Waals surface area contributed by atoms with Crippen molar-refractivity contribution in [2.45, 2.75) is 40.0 Å². The molecule has 0 aliphatic heterocycles. The normalized spacial score (nSPS) is 10.3. The van der Waals surface area contributed by atoms with Crippen LogP contribution in [-0.4, -0.2) is 35.7 Å². The molecular formula is C20H27N3O4. The molecule has 2 aromatic rings. The number of rotatable bonds is 11. The SMILES string of the molecule is CCCCCOc1ccc(C(=O)Nc2cnc(OCC)nc2OCC)cc1. The van der Waals surface area contributed by atoms with Crippen molar-refractivity contribution >= 4 is 11.6 Å². The number of ether oxygens (including phenoxy) is 3. The molecule has 2 rings (SSSR count). The minimum absolute atomic E-state index is 0.212. The molecular weight excluding hydrogens is 346 g/mol. The second-order valence-electron chi connectivity index (χ2n) is 5.77. The Bertz CT molecular complexity index is 720. The fourth-order valence-corrected chi connectivity index (χ4v) is 2.32. The van der Waals surface area contributed by atoms with E-state index in [0.717, 1.165) is 25.0 Å². The van der Waals surface area contributed by atoms with Gasteiger partial charge >= 0.3 is 6.01 Å². The van der Waals surface area contributed by atoms with E-state index < -0.39 is 0 Å². The van der Waals surface area contributed by atoms with E-state index >= 15 is 0 Å². The van der Waals surface area contributed by atoms with Crippen LogP contribution in [0.2, 0.25) is 0 Å². The number of benzene rings is 1. The van der Waals surface area contributed by atoms with Crippen molar-refractivity contribution in [3.8, 4) is 17.6 Å². The van der Waals surface area contributed by atoms with Gasteiger partial charge in [-0.1, -0.05) is 19.8 Å². The Balaban J connectivity index is 2.01. The molecule has 0 aliphatic rings. The fraction of sp³-hybridized carbons (Fsp3) is 0.450. The number of nitrogens with one attached hydrogen (secondary N) is 1. The van der Waals surface area contributed by atoms with E-state index in [4.69, 9.17) is 14.2 Å². The highest BCUT2D eigenvalue weighted by Gasteiger charge is 2.13. The van der Waals surface area contributed by atoms with Crippen LogP contribution in [0, 0.1) is 0 Å². The van der Waals surface area contributed by atoms with E-state index in [1.165, 1.54) is 6.20 Å². The zero-order valence-corrected chi connectivity index (χ0v) is 16.2. The van der Waals surface area contributed by atoms with Gasteiger partial charge < -0.3 is 19.5 Å². The zero-order chi connectivity index (χ0) is 19.5. The number of hydrogen-bond acceptors (Lipinski definition) is 6. The first-order chi connectivity index (χ1) is 13.2. The number of aromatic nitrogens is 2. The summed E-state index contributed by atoms with van der Waals surface area (Å²) >= 11 is 0. The second kappa shape index (κ2) is 11.0. The minimum atomic E-state index is -0.277. The van der Waals surface area contributed by atoms with Crippen LogP contribution in [0.1, 0.15) is 50.4 Å². The maximum Gasteiger partial charge on any atom is 0.319 e. The Morgan fingerprint density at radius 2 is 1.74 bits per heavy atom. The Labute approximate surface area is 160 Å². The highest BCUT2D eigenvalue weighted by Crippen LogP contribution is 2.24. The van der Waals surface area contributed by atoms with E-state index in [9.17, 15) is 4.79 Å². The summed E-state index contributed by atoms with van der Waals surface area (Å²) in [4.78, 5) is 20.7. The van der Waals surface area contributed by atoms with Crippen LogP contribution in [0.5, 0.6) is 17.6 Å². The molecule has 0 radical (unpaired) electrons. The van der Waals surface area contributed by atoms with Gasteiger partial charge in [-0.15, -0.1) is 0 Å². The Kier molecular flexibility index (Phi) is 8.35. The van der Waals surface area contributed by atoms with Crippen molar-refractivity contribution in [2.75, 3.05) is 25.1 Å². The summed E-state index contributed by atoms with van der Waals surface area (Å²) in [5.41, 5.74) is 0.900. The molecule has 0 fully saturated rings. The lowest BCUT2D eigenvalue weighted by atomic mass is 10.2. The number of carbonyl (C=O) groups excluding carboxylic acids is 1. The van der Waals surface area contributed by atoms with Crippen molar-refractivity contribution in [1.82, 2.24) is 9.97 Å². The molecule has 0 atom stereocenters. The molecule has 1 heterocycles. The number of unbranched alkanes of at least 4 members (excludes halogenated alkanes) is 2. The summed E-state index contributed by atoms with van der Waals surface area (Å²) in [6, 6.07) is 7.24. The zero-order valence-electron chi connectivity index (χ0n) is 16.2. The molecule has 1 aromatic carbocycles. The number of anilines is 1. The quantitative estimate of drug-likeness (QED) is 0.597. The maximum absolute atomic E-state index is 12.5. The standard InChI is InChI=1S/C20H27N3O4/c1-4-7-8-13-27-16-11-9-15(10-12-16)18(24)22-17-14-21-20(26-6-3)23-19(17)25-5-2/h9-12,14H,4-8,13H2,1-3H3,(H,22,24). The molecule has 0 saturated heterocycles. The summed E-state index contributed by atoms with van der Waals surface area (Å²) in [6.45, 7) is 7.38. The van der Waals surface area contributed by atoms with Crippen LogP contribution in [0.3, 0.4) is 0 Å².